The van der Waals surface area contributed by atoms with Crippen molar-refractivity contribution in [2.45, 2.75) is 52.2 Å². The molecule has 0 unspecified atom stereocenters. The first-order chi connectivity index (χ1) is 12.5. The molecule has 26 heavy (non-hydrogen) atoms. The molecule has 0 N–H and O–H groups in total. The Morgan fingerprint density at radius 2 is 2.12 bits per heavy atom. The fourth-order valence-electron chi connectivity index (χ4n) is 3.65. The van der Waals surface area contributed by atoms with Crippen LogP contribution in [0.4, 0.5) is 8.78 Å². The van der Waals surface area contributed by atoms with Crippen LogP contribution < -0.4 is 0 Å². The van der Waals surface area contributed by atoms with Crippen LogP contribution in [0, 0.1) is 18.6 Å². The largest absolute Gasteiger partial charge is 0.340 e. The zero-order valence-electron chi connectivity index (χ0n) is 15.4. The van der Waals surface area contributed by atoms with E-state index in [1.165, 1.54) is 12.1 Å². The van der Waals surface area contributed by atoms with Crippen LogP contribution in [-0.2, 0) is 13.1 Å². The first kappa shape index (κ1) is 18.9. The van der Waals surface area contributed by atoms with Gasteiger partial charge in [0.25, 0.3) is 0 Å². The second-order valence-corrected chi connectivity index (χ2v) is 6.89. The van der Waals surface area contributed by atoms with Gasteiger partial charge in [-0.15, -0.1) is 0 Å². The van der Waals surface area contributed by atoms with Crippen molar-refractivity contribution in [2.75, 3.05) is 19.6 Å². The maximum Gasteiger partial charge on any atom is 0.223 e. The summed E-state index contributed by atoms with van der Waals surface area (Å²) in [7, 11) is 0. The minimum atomic E-state index is -0.387. The lowest BCUT2D eigenvalue weighted by atomic mass is 10.1. The maximum absolute atomic E-state index is 13.9. The minimum absolute atomic E-state index is 0.338. The third kappa shape index (κ3) is 4.86. The molecule has 1 aliphatic rings. The molecule has 0 saturated carbocycles. The predicted molar refractivity (Wildman–Crippen MR) is 94.4 cm³/mol. The Morgan fingerprint density at radius 3 is 2.85 bits per heavy atom. The highest BCUT2D eigenvalue weighted by Gasteiger charge is 2.23. The fourth-order valence-corrected chi connectivity index (χ4v) is 3.65. The van der Waals surface area contributed by atoms with Gasteiger partial charge in [0, 0.05) is 25.1 Å². The molecule has 5 nitrogen and oxygen atoms in total. The number of hydrogen-bond acceptors (Lipinski definition) is 5. The van der Waals surface area contributed by atoms with Crippen LogP contribution in [0.3, 0.4) is 0 Å². The number of benzene rings is 1. The van der Waals surface area contributed by atoms with Gasteiger partial charge in [0.05, 0.1) is 6.54 Å². The Labute approximate surface area is 153 Å². The van der Waals surface area contributed by atoms with Gasteiger partial charge in [-0.2, -0.15) is 4.98 Å². The lowest BCUT2D eigenvalue weighted by molar-refractivity contribution is 0.170. The molecular formula is C19H26F2N4O. The Morgan fingerprint density at radius 1 is 1.27 bits per heavy atom. The van der Waals surface area contributed by atoms with Crippen molar-refractivity contribution in [3.8, 4) is 0 Å². The molecule has 0 amide bonds. The van der Waals surface area contributed by atoms with Gasteiger partial charge in [-0.05, 0) is 57.1 Å². The first-order valence-electron chi connectivity index (χ1n) is 9.24. The number of likely N-dealkylation sites (tertiary alicyclic amines) is 1. The molecule has 1 aromatic carbocycles. The van der Waals surface area contributed by atoms with Gasteiger partial charge in [-0.3, -0.25) is 9.80 Å². The first-order valence-corrected chi connectivity index (χ1v) is 9.24. The smallest absolute Gasteiger partial charge is 0.223 e. The average molecular weight is 364 g/mol. The SMILES string of the molecule is CCN(Cc1noc(C)n1)[C@H]1CCCN(Cc2cc(F)ccc2F)CC1. The number of aryl methyl sites for hydroxylation is 1. The molecule has 1 saturated heterocycles. The lowest BCUT2D eigenvalue weighted by Crippen LogP contribution is -2.36. The van der Waals surface area contributed by atoms with E-state index in [0.29, 0.717) is 36.4 Å². The average Bonchev–Trinajstić information content (AvgIpc) is 2.89. The molecule has 0 spiro atoms. The van der Waals surface area contributed by atoms with Crippen molar-refractivity contribution < 1.29 is 13.3 Å². The van der Waals surface area contributed by atoms with Crippen molar-refractivity contribution in [1.29, 1.82) is 0 Å². The van der Waals surface area contributed by atoms with Crippen LogP contribution in [0.2, 0.25) is 0 Å². The van der Waals surface area contributed by atoms with Gasteiger partial charge in [0.15, 0.2) is 5.82 Å². The summed E-state index contributed by atoms with van der Waals surface area (Å²) in [6.07, 6.45) is 3.10. The van der Waals surface area contributed by atoms with Gasteiger partial charge in [-0.1, -0.05) is 12.1 Å². The maximum atomic E-state index is 13.9. The zero-order valence-corrected chi connectivity index (χ0v) is 15.4. The molecular weight excluding hydrogens is 338 g/mol. The third-order valence-corrected chi connectivity index (χ3v) is 5.03. The number of halogens is 2. The predicted octanol–water partition coefficient (Wildman–Crippen LogP) is 3.53. The number of rotatable bonds is 6. The van der Waals surface area contributed by atoms with E-state index in [2.05, 4.69) is 26.9 Å². The second kappa shape index (κ2) is 8.68. The van der Waals surface area contributed by atoms with Gasteiger partial charge >= 0.3 is 0 Å². The van der Waals surface area contributed by atoms with Crippen LogP contribution in [0.25, 0.3) is 0 Å². The quantitative estimate of drug-likeness (QED) is 0.785. The highest BCUT2D eigenvalue weighted by Crippen LogP contribution is 2.21. The molecule has 1 atom stereocenters. The highest BCUT2D eigenvalue weighted by molar-refractivity contribution is 5.18. The Kier molecular flexibility index (Phi) is 6.32. The molecule has 2 aromatic rings. The Balaban J connectivity index is 1.59. The van der Waals surface area contributed by atoms with Gasteiger partial charge in [0.1, 0.15) is 11.6 Å². The van der Waals surface area contributed by atoms with Crippen molar-refractivity contribution in [1.82, 2.24) is 19.9 Å². The summed E-state index contributed by atoms with van der Waals surface area (Å²) in [4.78, 5) is 8.88. The number of hydrogen-bond donors (Lipinski definition) is 0. The zero-order chi connectivity index (χ0) is 18.5. The second-order valence-electron chi connectivity index (χ2n) is 6.89. The molecule has 7 heteroatoms. The molecule has 0 bridgehead atoms. The van der Waals surface area contributed by atoms with E-state index in [9.17, 15) is 8.78 Å². The summed E-state index contributed by atoms with van der Waals surface area (Å²) < 4.78 is 32.4. The van der Waals surface area contributed by atoms with Crippen LogP contribution in [0.1, 0.15) is 43.5 Å². The van der Waals surface area contributed by atoms with Crippen LogP contribution in [-0.4, -0.2) is 45.6 Å². The summed E-state index contributed by atoms with van der Waals surface area (Å²) in [5.74, 6) is 0.573. The van der Waals surface area contributed by atoms with Crippen LogP contribution >= 0.6 is 0 Å². The molecule has 0 radical (unpaired) electrons. The van der Waals surface area contributed by atoms with E-state index < -0.39 is 0 Å². The summed E-state index contributed by atoms with van der Waals surface area (Å²) in [6, 6.07) is 4.10. The molecule has 1 aliphatic heterocycles. The van der Waals surface area contributed by atoms with Crippen molar-refractivity contribution in [3.05, 3.63) is 47.1 Å². The fraction of sp³-hybridized carbons (Fsp3) is 0.579. The third-order valence-electron chi connectivity index (χ3n) is 5.03. The van der Waals surface area contributed by atoms with E-state index >= 15 is 0 Å². The summed E-state index contributed by atoms with van der Waals surface area (Å²) >= 11 is 0. The van der Waals surface area contributed by atoms with Crippen molar-refractivity contribution >= 4 is 0 Å². The molecule has 1 aromatic heterocycles. The van der Waals surface area contributed by atoms with Crippen LogP contribution in [0.15, 0.2) is 22.7 Å². The summed E-state index contributed by atoms with van der Waals surface area (Å²) in [5.41, 5.74) is 0.429. The standard InChI is InChI=1S/C19H26F2N4O/c1-3-25(13-19-22-14(2)26-23-19)17-5-4-9-24(10-8-17)12-15-11-16(20)6-7-18(15)21/h6-7,11,17H,3-5,8-10,12-13H2,1-2H3/t17-/m0/s1. The van der Waals surface area contributed by atoms with E-state index in [-0.39, 0.29) is 11.6 Å². The van der Waals surface area contributed by atoms with Gasteiger partial charge in [0.2, 0.25) is 5.89 Å². The normalized spacial score (nSPS) is 19.0. The number of aromatic nitrogens is 2. The molecule has 1 fully saturated rings. The Hall–Kier alpha value is -1.86. The topological polar surface area (TPSA) is 45.4 Å². The molecule has 0 aliphatic carbocycles. The van der Waals surface area contributed by atoms with Gasteiger partial charge in [-0.25, -0.2) is 8.78 Å². The van der Waals surface area contributed by atoms with E-state index in [0.717, 1.165) is 45.0 Å². The van der Waals surface area contributed by atoms with E-state index in [4.69, 9.17) is 4.52 Å². The van der Waals surface area contributed by atoms with Crippen molar-refractivity contribution in [2.24, 2.45) is 0 Å². The monoisotopic (exact) mass is 364 g/mol. The van der Waals surface area contributed by atoms with Gasteiger partial charge < -0.3 is 4.52 Å². The minimum Gasteiger partial charge on any atom is -0.340 e. The summed E-state index contributed by atoms with van der Waals surface area (Å²) in [5, 5.41) is 4.00. The molecule has 2 heterocycles. The van der Waals surface area contributed by atoms with E-state index in [1.54, 1.807) is 6.92 Å². The number of nitrogens with zero attached hydrogens (tertiary/aromatic N) is 4. The van der Waals surface area contributed by atoms with Crippen molar-refractivity contribution in [3.63, 3.8) is 0 Å². The molecule has 142 valence electrons. The lowest BCUT2D eigenvalue weighted by Gasteiger charge is -2.29. The summed E-state index contributed by atoms with van der Waals surface area (Å²) in [6.45, 7) is 7.73. The molecule has 3 rings (SSSR count). The Bertz CT molecular complexity index is 721. The van der Waals surface area contributed by atoms with E-state index in [1.807, 2.05) is 0 Å². The highest BCUT2D eigenvalue weighted by atomic mass is 19.1. The van der Waals surface area contributed by atoms with Crippen LogP contribution in [0.5, 0.6) is 0 Å².